The average Bonchev–Trinajstić information content (AvgIpc) is 2.75. The molecule has 3 aliphatic rings. The zero-order valence-electron chi connectivity index (χ0n) is 11.2. The molecule has 5 unspecified atom stereocenters. The lowest BCUT2D eigenvalue weighted by Crippen LogP contribution is -2.32. The first-order chi connectivity index (χ1) is 8.91. The summed E-state index contributed by atoms with van der Waals surface area (Å²) in [7, 11) is 0. The lowest BCUT2D eigenvalue weighted by Gasteiger charge is -2.24. The Balaban J connectivity index is 2.05. The van der Waals surface area contributed by atoms with Gasteiger partial charge in [0, 0.05) is 17.9 Å². The topological polar surface area (TPSA) is 63.6 Å². The van der Waals surface area contributed by atoms with Gasteiger partial charge < -0.3 is 9.84 Å². The second-order valence-electron chi connectivity index (χ2n) is 5.94. The molecule has 0 aromatic rings. The molecule has 0 spiro atoms. The Bertz CT molecular complexity index is 516. The minimum atomic E-state index is -0.745. The number of Topliss-reactive ketones (excluding diaryl/α,β-unsaturated/α-hetero) is 1. The number of hydrogen-bond donors (Lipinski definition) is 1. The molecule has 1 N–H and O–H groups in total. The van der Waals surface area contributed by atoms with Crippen LogP contribution in [-0.4, -0.2) is 29.1 Å². The number of aliphatic hydroxyl groups excluding tert-OH is 1. The molecule has 4 nitrogen and oxygen atoms in total. The number of rotatable bonds is 0. The normalized spacial score (nSPS) is 42.1. The van der Waals surface area contributed by atoms with Crippen molar-refractivity contribution >= 4 is 11.8 Å². The number of aliphatic hydroxyl groups is 1. The maximum absolute atomic E-state index is 11.9. The van der Waals surface area contributed by atoms with Crippen molar-refractivity contribution < 1.29 is 19.4 Å². The monoisotopic (exact) mass is 262 g/mol. The first-order valence-electron chi connectivity index (χ1n) is 6.73. The highest BCUT2D eigenvalue weighted by Crippen LogP contribution is 2.48. The van der Waals surface area contributed by atoms with E-state index in [0.29, 0.717) is 18.4 Å². The SMILES string of the molecule is C=C1C(=O)OC2CC(C)C3=C(C)C(=O)CC3C(O)C12. The Kier molecular flexibility index (Phi) is 2.68. The van der Waals surface area contributed by atoms with Crippen molar-refractivity contribution in [1.29, 1.82) is 0 Å². The highest BCUT2D eigenvalue weighted by molar-refractivity contribution is 5.99. The molecule has 0 aromatic heterocycles. The van der Waals surface area contributed by atoms with Gasteiger partial charge >= 0.3 is 5.97 Å². The quantitative estimate of drug-likeness (QED) is 0.529. The van der Waals surface area contributed by atoms with Gasteiger partial charge in [-0.1, -0.05) is 19.1 Å². The molecule has 2 aliphatic carbocycles. The van der Waals surface area contributed by atoms with Gasteiger partial charge in [0.1, 0.15) is 6.10 Å². The van der Waals surface area contributed by atoms with Crippen LogP contribution in [-0.2, 0) is 14.3 Å². The molecule has 102 valence electrons. The van der Waals surface area contributed by atoms with E-state index >= 15 is 0 Å². The van der Waals surface area contributed by atoms with Gasteiger partial charge in [0.25, 0.3) is 0 Å². The van der Waals surface area contributed by atoms with Crippen molar-refractivity contribution in [1.82, 2.24) is 0 Å². The molecule has 5 atom stereocenters. The first-order valence-corrected chi connectivity index (χ1v) is 6.73. The standard InChI is InChI=1S/C15H18O4/c1-6-4-11-13(8(3)15(18)19-11)14(17)9-5-10(16)7(2)12(6)9/h6,9,11,13-14,17H,3-5H2,1-2H3. The zero-order valence-corrected chi connectivity index (χ0v) is 11.2. The van der Waals surface area contributed by atoms with Crippen LogP contribution in [0.4, 0.5) is 0 Å². The van der Waals surface area contributed by atoms with Crippen LogP contribution in [0.2, 0.25) is 0 Å². The molecule has 0 radical (unpaired) electrons. The fourth-order valence-corrected chi connectivity index (χ4v) is 3.94. The van der Waals surface area contributed by atoms with Crippen molar-refractivity contribution in [2.75, 3.05) is 0 Å². The van der Waals surface area contributed by atoms with Gasteiger partial charge in [0.15, 0.2) is 5.78 Å². The van der Waals surface area contributed by atoms with Gasteiger partial charge in [-0.05, 0) is 24.8 Å². The first kappa shape index (κ1) is 12.6. The second-order valence-corrected chi connectivity index (χ2v) is 5.94. The van der Waals surface area contributed by atoms with Gasteiger partial charge in [-0.25, -0.2) is 4.79 Å². The smallest absolute Gasteiger partial charge is 0.334 e. The molecule has 3 rings (SSSR count). The summed E-state index contributed by atoms with van der Waals surface area (Å²) in [6.07, 6.45) is -0.0448. The Labute approximate surface area is 112 Å². The van der Waals surface area contributed by atoms with E-state index in [1.54, 1.807) is 0 Å². The van der Waals surface area contributed by atoms with Crippen LogP contribution in [0.15, 0.2) is 23.3 Å². The summed E-state index contributed by atoms with van der Waals surface area (Å²) in [4.78, 5) is 23.5. The fraction of sp³-hybridized carbons (Fsp3) is 0.600. The lowest BCUT2D eigenvalue weighted by molar-refractivity contribution is -0.140. The number of esters is 1. The third kappa shape index (κ3) is 1.62. The molecule has 1 saturated heterocycles. The molecule has 4 heteroatoms. The summed E-state index contributed by atoms with van der Waals surface area (Å²) in [6, 6.07) is 0. The van der Waals surface area contributed by atoms with E-state index in [9.17, 15) is 14.7 Å². The van der Waals surface area contributed by atoms with E-state index in [-0.39, 0.29) is 29.6 Å². The predicted molar refractivity (Wildman–Crippen MR) is 68.1 cm³/mol. The number of ether oxygens (including phenoxy) is 1. The predicted octanol–water partition coefficient (Wildman–Crippen LogP) is 1.39. The Morgan fingerprint density at radius 1 is 1.37 bits per heavy atom. The summed E-state index contributed by atoms with van der Waals surface area (Å²) < 4.78 is 5.32. The van der Waals surface area contributed by atoms with Crippen LogP contribution in [0.1, 0.15) is 26.7 Å². The Morgan fingerprint density at radius 3 is 2.74 bits per heavy atom. The molecule has 19 heavy (non-hydrogen) atoms. The second kappa shape index (κ2) is 4.04. The summed E-state index contributed by atoms with van der Waals surface area (Å²) in [6.45, 7) is 7.63. The van der Waals surface area contributed by atoms with Gasteiger partial charge in [-0.15, -0.1) is 0 Å². The number of allylic oxidation sites excluding steroid dienone is 1. The van der Waals surface area contributed by atoms with E-state index in [4.69, 9.17) is 4.74 Å². The molecular formula is C15H18O4. The van der Waals surface area contributed by atoms with Crippen molar-refractivity contribution in [3.05, 3.63) is 23.3 Å². The van der Waals surface area contributed by atoms with Crippen LogP contribution in [0, 0.1) is 17.8 Å². The van der Waals surface area contributed by atoms with E-state index < -0.39 is 12.1 Å². The van der Waals surface area contributed by atoms with E-state index in [1.807, 2.05) is 13.8 Å². The van der Waals surface area contributed by atoms with Gasteiger partial charge in [-0.3, -0.25) is 4.79 Å². The molecule has 1 heterocycles. The van der Waals surface area contributed by atoms with Gasteiger partial charge in [-0.2, -0.15) is 0 Å². The average molecular weight is 262 g/mol. The number of carbonyl (C=O) groups excluding carboxylic acids is 2. The number of hydrogen-bond acceptors (Lipinski definition) is 4. The third-order valence-corrected chi connectivity index (χ3v) is 4.88. The van der Waals surface area contributed by atoms with E-state index in [0.717, 1.165) is 11.1 Å². The molecule has 0 amide bonds. The van der Waals surface area contributed by atoms with Crippen molar-refractivity contribution in [3.63, 3.8) is 0 Å². The molecule has 0 bridgehead atoms. The summed E-state index contributed by atoms with van der Waals surface area (Å²) >= 11 is 0. The van der Waals surface area contributed by atoms with E-state index in [2.05, 4.69) is 6.58 Å². The molecular weight excluding hydrogens is 244 g/mol. The third-order valence-electron chi connectivity index (χ3n) is 4.88. The van der Waals surface area contributed by atoms with Crippen molar-refractivity contribution in [2.45, 2.75) is 38.9 Å². The minimum absolute atomic E-state index is 0.111. The van der Waals surface area contributed by atoms with Crippen LogP contribution >= 0.6 is 0 Å². The Hall–Kier alpha value is -1.42. The number of ketones is 1. The molecule has 2 fully saturated rings. The lowest BCUT2D eigenvalue weighted by atomic mass is 9.83. The fourth-order valence-electron chi connectivity index (χ4n) is 3.94. The number of carbonyl (C=O) groups is 2. The van der Waals surface area contributed by atoms with Crippen molar-refractivity contribution in [2.24, 2.45) is 17.8 Å². The van der Waals surface area contributed by atoms with Gasteiger partial charge in [0.05, 0.1) is 12.0 Å². The maximum Gasteiger partial charge on any atom is 0.334 e. The van der Waals surface area contributed by atoms with Crippen LogP contribution < -0.4 is 0 Å². The Morgan fingerprint density at radius 2 is 2.05 bits per heavy atom. The van der Waals surface area contributed by atoms with Crippen LogP contribution in [0.5, 0.6) is 0 Å². The molecule has 1 aliphatic heterocycles. The zero-order chi connectivity index (χ0) is 13.9. The summed E-state index contributed by atoms with van der Waals surface area (Å²) in [5.41, 5.74) is 2.19. The van der Waals surface area contributed by atoms with Crippen LogP contribution in [0.25, 0.3) is 0 Å². The summed E-state index contributed by atoms with van der Waals surface area (Å²) in [5, 5.41) is 10.6. The minimum Gasteiger partial charge on any atom is -0.458 e. The highest BCUT2D eigenvalue weighted by Gasteiger charge is 2.51. The van der Waals surface area contributed by atoms with Crippen molar-refractivity contribution in [3.8, 4) is 0 Å². The molecule has 0 aromatic carbocycles. The largest absolute Gasteiger partial charge is 0.458 e. The highest BCUT2D eigenvalue weighted by atomic mass is 16.6. The molecule has 1 saturated carbocycles. The van der Waals surface area contributed by atoms with E-state index in [1.165, 1.54) is 0 Å². The van der Waals surface area contributed by atoms with Gasteiger partial charge in [0.2, 0.25) is 0 Å². The number of fused-ring (bicyclic) bond motifs is 2. The van der Waals surface area contributed by atoms with Crippen LogP contribution in [0.3, 0.4) is 0 Å². The summed E-state index contributed by atoms with van der Waals surface area (Å²) in [5.74, 6) is -0.686. The maximum atomic E-state index is 11.9.